The molecule has 5 aromatic carbocycles. The fourth-order valence-electron chi connectivity index (χ4n) is 11.0. The summed E-state index contributed by atoms with van der Waals surface area (Å²) < 4.78 is 94.2. The van der Waals surface area contributed by atoms with Crippen LogP contribution in [0.2, 0.25) is 25.7 Å². The Balaban J connectivity index is 1.05. The molecule has 0 radical (unpaired) electrons. The Morgan fingerprint density at radius 2 is 1.09 bits per heavy atom. The molecule has 1 aromatic heterocycles. The maximum Gasteiger partial charge on any atom is 0.217 e. The predicted octanol–water partition coefficient (Wildman–Crippen LogP) is 8.80. The minimum atomic E-state index is -1.96. The molecule has 1 amide bonds. The van der Waals surface area contributed by atoms with Crippen LogP contribution in [0.1, 0.15) is 53.7 Å². The molecule has 18 nitrogen and oxygen atoms in total. The molecule has 19 heteroatoms. The van der Waals surface area contributed by atoms with Crippen LogP contribution in [0.25, 0.3) is 0 Å². The maximum atomic E-state index is 13.8. The lowest BCUT2D eigenvalue weighted by Gasteiger charge is -2.54. The first-order valence-electron chi connectivity index (χ1n) is 29.3. The highest BCUT2D eigenvalue weighted by molar-refractivity contribution is 6.76. The van der Waals surface area contributed by atoms with E-state index < -0.39 is 112 Å². The highest BCUT2D eigenvalue weighted by Gasteiger charge is 2.62. The summed E-state index contributed by atoms with van der Waals surface area (Å²) in [7, 11) is -1.70. The maximum absolute atomic E-state index is 13.8. The number of aliphatic hydroxyl groups excluding tert-OH is 1. The van der Waals surface area contributed by atoms with Gasteiger partial charge in [0.25, 0.3) is 0 Å². The van der Waals surface area contributed by atoms with Crippen LogP contribution in [0, 0.1) is 0 Å². The van der Waals surface area contributed by atoms with Crippen molar-refractivity contribution in [3.8, 4) is 0 Å². The monoisotopic (exact) mass is 1190 g/mol. The average molecular weight is 1190 g/mol. The second kappa shape index (κ2) is 29.9. The zero-order valence-electron chi connectivity index (χ0n) is 48.9. The Labute approximate surface area is 498 Å². The number of nitrogens with one attached hydrogen (secondary N) is 1. The SMILES string of the molecule is CC(=O)N[C@H]1[C@H](OCC[Si](C)(C)C)O[C@H](COCc2ccccc2)[C@@H](O[C@@H]2O[C@H](COCc3ccccc3)[C@@]3(O)CO[C@H](c4ccco4)O[C@@H]3[C@H]2O)[C@@H]1O[C@@H]1O[C@@H](C)[C@@H](OCc2ccccc2)[C@@H](OCc2ccccc2)[C@@H]1OCc1ccccc1. The van der Waals surface area contributed by atoms with E-state index in [2.05, 4.69) is 25.0 Å². The second-order valence-electron chi connectivity index (χ2n) is 23.3. The third kappa shape index (κ3) is 16.8. The lowest BCUT2D eigenvalue weighted by molar-refractivity contribution is -0.416. The normalized spacial score (nSPS) is 30.6. The van der Waals surface area contributed by atoms with Gasteiger partial charge in [0, 0.05) is 21.6 Å². The van der Waals surface area contributed by atoms with Crippen molar-refractivity contribution in [2.75, 3.05) is 26.4 Å². The molecule has 456 valence electrons. The van der Waals surface area contributed by atoms with Crippen LogP contribution >= 0.6 is 0 Å². The molecule has 16 atom stereocenters. The summed E-state index contributed by atoms with van der Waals surface area (Å²) in [6, 6.07) is 51.8. The van der Waals surface area contributed by atoms with Gasteiger partial charge < -0.3 is 81.5 Å². The lowest BCUT2D eigenvalue weighted by atomic mass is 9.83. The van der Waals surface area contributed by atoms with Crippen LogP contribution in [0.4, 0.5) is 0 Å². The van der Waals surface area contributed by atoms with E-state index in [-0.39, 0.29) is 52.9 Å². The first-order valence-corrected chi connectivity index (χ1v) is 33.1. The Bertz CT molecular complexity index is 2890. The van der Waals surface area contributed by atoms with Crippen molar-refractivity contribution in [2.45, 2.75) is 170 Å². The number of carbonyl (C=O) groups excluding carboxylic acids is 1. The van der Waals surface area contributed by atoms with Crippen molar-refractivity contribution in [3.63, 3.8) is 0 Å². The third-order valence-corrected chi connectivity index (χ3v) is 17.2. The number of hydrogen-bond acceptors (Lipinski definition) is 17. The largest absolute Gasteiger partial charge is 0.464 e. The van der Waals surface area contributed by atoms with E-state index in [1.54, 1.807) is 12.1 Å². The van der Waals surface area contributed by atoms with Crippen LogP contribution in [0.3, 0.4) is 0 Å². The molecule has 4 aliphatic heterocycles. The van der Waals surface area contributed by atoms with E-state index in [4.69, 9.17) is 66.0 Å². The molecule has 3 N–H and O–H groups in total. The Morgan fingerprint density at radius 1 is 0.576 bits per heavy atom. The number of amides is 1. The molecule has 4 saturated heterocycles. The molecular weight excluding hydrogens is 1110 g/mol. The van der Waals surface area contributed by atoms with Crippen LogP contribution in [-0.2, 0) is 99.4 Å². The number of rotatable bonds is 27. The Morgan fingerprint density at radius 3 is 1.62 bits per heavy atom. The predicted molar refractivity (Wildman–Crippen MR) is 314 cm³/mol. The van der Waals surface area contributed by atoms with E-state index in [1.165, 1.54) is 13.2 Å². The summed E-state index contributed by atoms with van der Waals surface area (Å²) in [6.45, 7) is 10.7. The van der Waals surface area contributed by atoms with Crippen LogP contribution in [-0.4, -0.2) is 142 Å². The summed E-state index contributed by atoms with van der Waals surface area (Å²) in [4.78, 5) is 13.8. The number of hydrogen-bond donors (Lipinski definition) is 3. The van der Waals surface area contributed by atoms with Gasteiger partial charge in [-0.3, -0.25) is 4.79 Å². The fourth-order valence-corrected chi connectivity index (χ4v) is 11.7. The molecule has 0 unspecified atom stereocenters. The molecule has 85 heavy (non-hydrogen) atoms. The topological polar surface area (TPSA) is 203 Å². The molecular formula is C66H81NO17Si. The van der Waals surface area contributed by atoms with E-state index in [0.717, 1.165) is 33.9 Å². The quantitative estimate of drug-likeness (QED) is 0.0413. The molecule has 10 rings (SSSR count). The van der Waals surface area contributed by atoms with Gasteiger partial charge in [-0.05, 0) is 52.9 Å². The van der Waals surface area contributed by atoms with Crippen molar-refractivity contribution >= 4 is 14.0 Å². The highest BCUT2D eigenvalue weighted by Crippen LogP contribution is 2.43. The fraction of sp³-hybridized carbons (Fsp3) is 0.470. The van der Waals surface area contributed by atoms with Gasteiger partial charge in [0.15, 0.2) is 24.6 Å². The van der Waals surface area contributed by atoms with Crippen LogP contribution in [0.5, 0.6) is 0 Å². The van der Waals surface area contributed by atoms with Gasteiger partial charge in [0.1, 0.15) is 66.6 Å². The van der Waals surface area contributed by atoms with Crippen LogP contribution < -0.4 is 5.32 Å². The van der Waals surface area contributed by atoms with E-state index >= 15 is 0 Å². The Kier molecular flexibility index (Phi) is 22.0. The van der Waals surface area contributed by atoms with Crippen LogP contribution in [0.15, 0.2) is 174 Å². The first kappa shape index (κ1) is 62.5. The third-order valence-electron chi connectivity index (χ3n) is 15.5. The summed E-state index contributed by atoms with van der Waals surface area (Å²) in [6.07, 6.45) is -14.7. The van der Waals surface area contributed by atoms with Crippen molar-refractivity contribution in [1.82, 2.24) is 5.32 Å². The zero-order valence-corrected chi connectivity index (χ0v) is 49.9. The highest BCUT2D eigenvalue weighted by atomic mass is 28.3. The summed E-state index contributed by atoms with van der Waals surface area (Å²) in [5, 5.41) is 28.5. The standard InChI is InChI=1S/C66H81NO17Si/c1-44-56(75-38-48-26-15-8-16-27-48)59(76-39-49-28-17-9-18-29-49)60(77-40-50-30-19-10-20-31-50)65(79-44)83-58-54(67-45(2)68)63(74-34-35-85(3,4)5)80-52(41-71-36-46-22-11-6-12-23-46)57(58)82-64-55(69)61-66(70,43-78-62(84-61)51-32-21-33-73-51)53(81-64)42-72-37-47-24-13-7-14-25-47/h6-33,44,52-65,69-70H,34-43H2,1-5H3,(H,67,68)/t44-,52+,53+,54+,55+,56+,57+,58+,59+,60-,61+,62-,63+,64-,65-,66-/m0/s1. The van der Waals surface area contributed by atoms with E-state index in [0.29, 0.717) is 12.4 Å². The van der Waals surface area contributed by atoms with Gasteiger partial charge in [-0.1, -0.05) is 171 Å². The molecule has 5 heterocycles. The summed E-state index contributed by atoms with van der Waals surface area (Å²) in [5.41, 5.74) is 2.59. The lowest BCUT2D eigenvalue weighted by Crippen LogP contribution is -2.73. The summed E-state index contributed by atoms with van der Waals surface area (Å²) >= 11 is 0. The van der Waals surface area contributed by atoms with Crippen molar-refractivity contribution < 1.29 is 81.0 Å². The van der Waals surface area contributed by atoms with Gasteiger partial charge in [0.05, 0.1) is 65.2 Å². The second-order valence-corrected chi connectivity index (χ2v) is 29.0. The zero-order chi connectivity index (χ0) is 59.2. The van der Waals surface area contributed by atoms with Crippen molar-refractivity contribution in [2.24, 2.45) is 0 Å². The smallest absolute Gasteiger partial charge is 0.217 e. The summed E-state index contributed by atoms with van der Waals surface area (Å²) in [5.74, 6) is -0.0938. The minimum absolute atomic E-state index is 0.0983. The van der Waals surface area contributed by atoms with Gasteiger partial charge >= 0.3 is 0 Å². The number of benzene rings is 5. The van der Waals surface area contributed by atoms with E-state index in [9.17, 15) is 15.0 Å². The van der Waals surface area contributed by atoms with Gasteiger partial charge in [-0.2, -0.15) is 0 Å². The molecule has 0 spiro atoms. The number of aliphatic hydroxyl groups is 2. The number of furan rings is 1. The van der Waals surface area contributed by atoms with Crippen molar-refractivity contribution in [1.29, 1.82) is 0 Å². The number of fused-ring (bicyclic) bond motifs is 1. The number of carbonyl (C=O) groups is 1. The molecule has 0 saturated carbocycles. The van der Waals surface area contributed by atoms with Gasteiger partial charge in [0.2, 0.25) is 12.2 Å². The molecule has 4 aliphatic rings. The van der Waals surface area contributed by atoms with Gasteiger partial charge in [-0.15, -0.1) is 0 Å². The average Bonchev–Trinajstić information content (AvgIpc) is 3.34. The van der Waals surface area contributed by atoms with Gasteiger partial charge in [-0.25, -0.2) is 0 Å². The Hall–Kier alpha value is -5.53. The first-order chi connectivity index (χ1) is 41.3. The molecule has 6 aromatic rings. The number of ether oxygens (including phenoxy) is 13. The van der Waals surface area contributed by atoms with E-state index in [1.807, 2.05) is 159 Å². The van der Waals surface area contributed by atoms with Crippen molar-refractivity contribution in [3.05, 3.63) is 204 Å². The molecule has 0 aliphatic carbocycles. The minimum Gasteiger partial charge on any atom is -0.464 e. The molecule has 4 fully saturated rings. The molecule has 0 bridgehead atoms.